The minimum Gasteiger partial charge on any atom is -0.337 e. The van der Waals surface area contributed by atoms with E-state index < -0.39 is 0 Å². The van der Waals surface area contributed by atoms with Gasteiger partial charge in [0.15, 0.2) is 0 Å². The molecule has 0 spiro atoms. The Morgan fingerprint density at radius 1 is 1.11 bits per heavy atom. The van der Waals surface area contributed by atoms with Crippen molar-refractivity contribution in [2.75, 3.05) is 13.1 Å². The Hall–Kier alpha value is -0.830. The molecule has 3 aliphatic rings. The van der Waals surface area contributed by atoms with Crippen LogP contribution in [0.5, 0.6) is 0 Å². The SMILES string of the molecule is O=C(C1CCC2CCCCC2N1)N1CC=CCC1. The molecule has 1 N–H and O–H groups in total. The van der Waals surface area contributed by atoms with Gasteiger partial charge in [0.2, 0.25) is 5.91 Å². The van der Waals surface area contributed by atoms with Gasteiger partial charge in [-0.1, -0.05) is 25.0 Å². The fraction of sp³-hybridized carbons (Fsp3) is 0.800. The highest BCUT2D eigenvalue weighted by Crippen LogP contribution is 2.32. The van der Waals surface area contributed by atoms with Crippen molar-refractivity contribution in [1.82, 2.24) is 10.2 Å². The fourth-order valence-electron chi connectivity index (χ4n) is 3.75. The van der Waals surface area contributed by atoms with E-state index in [2.05, 4.69) is 17.5 Å². The van der Waals surface area contributed by atoms with Gasteiger partial charge in [-0.15, -0.1) is 0 Å². The minimum atomic E-state index is 0.0934. The average molecular weight is 248 g/mol. The number of amides is 1. The summed E-state index contributed by atoms with van der Waals surface area (Å²) in [7, 11) is 0. The van der Waals surface area contributed by atoms with Gasteiger partial charge in [-0.25, -0.2) is 0 Å². The van der Waals surface area contributed by atoms with Crippen molar-refractivity contribution < 1.29 is 4.79 Å². The normalized spacial score (nSPS) is 36.2. The van der Waals surface area contributed by atoms with Gasteiger partial charge in [0.25, 0.3) is 0 Å². The van der Waals surface area contributed by atoms with Crippen molar-refractivity contribution in [3.63, 3.8) is 0 Å². The van der Waals surface area contributed by atoms with Gasteiger partial charge < -0.3 is 10.2 Å². The largest absolute Gasteiger partial charge is 0.337 e. The van der Waals surface area contributed by atoms with Crippen LogP contribution in [0.25, 0.3) is 0 Å². The molecule has 0 aromatic heterocycles. The molecule has 3 rings (SSSR count). The lowest BCUT2D eigenvalue weighted by Crippen LogP contribution is -2.56. The molecule has 0 aromatic carbocycles. The molecule has 3 heteroatoms. The summed E-state index contributed by atoms with van der Waals surface area (Å²) < 4.78 is 0. The van der Waals surface area contributed by atoms with Gasteiger partial charge in [0.1, 0.15) is 0 Å². The first-order valence-electron chi connectivity index (χ1n) is 7.54. The van der Waals surface area contributed by atoms with E-state index in [9.17, 15) is 4.79 Å². The molecule has 2 aliphatic heterocycles. The quantitative estimate of drug-likeness (QED) is 0.721. The lowest BCUT2D eigenvalue weighted by atomic mass is 9.77. The molecule has 18 heavy (non-hydrogen) atoms. The second-order valence-corrected chi connectivity index (χ2v) is 5.99. The summed E-state index contributed by atoms with van der Waals surface area (Å²) >= 11 is 0. The molecule has 2 fully saturated rings. The van der Waals surface area contributed by atoms with E-state index in [0.29, 0.717) is 11.9 Å². The van der Waals surface area contributed by atoms with Crippen LogP contribution < -0.4 is 5.32 Å². The summed E-state index contributed by atoms with van der Waals surface area (Å²) in [6.07, 6.45) is 13.0. The Balaban J connectivity index is 1.59. The van der Waals surface area contributed by atoms with Crippen molar-refractivity contribution in [1.29, 1.82) is 0 Å². The van der Waals surface area contributed by atoms with Crippen LogP contribution in [0.2, 0.25) is 0 Å². The molecule has 3 nitrogen and oxygen atoms in total. The van der Waals surface area contributed by atoms with E-state index in [1.165, 1.54) is 32.1 Å². The molecule has 3 unspecified atom stereocenters. The zero-order valence-corrected chi connectivity index (χ0v) is 11.1. The maximum atomic E-state index is 12.5. The molecular weight excluding hydrogens is 224 g/mol. The van der Waals surface area contributed by atoms with E-state index in [0.717, 1.165) is 31.8 Å². The highest BCUT2D eigenvalue weighted by atomic mass is 16.2. The third-order valence-corrected chi connectivity index (χ3v) is 4.82. The molecule has 0 aromatic rings. The minimum absolute atomic E-state index is 0.0934. The lowest BCUT2D eigenvalue weighted by Gasteiger charge is -2.41. The van der Waals surface area contributed by atoms with Gasteiger partial charge in [-0.2, -0.15) is 0 Å². The third kappa shape index (κ3) is 2.46. The second-order valence-electron chi connectivity index (χ2n) is 5.99. The fourth-order valence-corrected chi connectivity index (χ4v) is 3.75. The van der Waals surface area contributed by atoms with E-state index >= 15 is 0 Å². The standard InChI is InChI=1S/C15H24N2O/c18-15(17-10-4-1-5-11-17)14-9-8-12-6-2-3-7-13(12)16-14/h1,4,12-14,16H,2-3,5-11H2. The second kappa shape index (κ2) is 5.43. The number of carbonyl (C=O) groups is 1. The molecule has 2 heterocycles. The maximum absolute atomic E-state index is 12.5. The molecule has 1 saturated carbocycles. The molecule has 1 aliphatic carbocycles. The van der Waals surface area contributed by atoms with Crippen LogP contribution in [0.15, 0.2) is 12.2 Å². The lowest BCUT2D eigenvalue weighted by molar-refractivity contribution is -0.134. The van der Waals surface area contributed by atoms with Crippen LogP contribution in [0, 0.1) is 5.92 Å². The summed E-state index contributed by atoms with van der Waals surface area (Å²) in [5, 5.41) is 3.64. The molecule has 100 valence electrons. The molecule has 3 atom stereocenters. The first kappa shape index (κ1) is 12.2. The van der Waals surface area contributed by atoms with E-state index in [1.807, 2.05) is 4.90 Å². The highest BCUT2D eigenvalue weighted by Gasteiger charge is 2.35. The summed E-state index contributed by atoms with van der Waals surface area (Å²) in [4.78, 5) is 14.5. The zero-order valence-electron chi connectivity index (χ0n) is 11.1. The monoisotopic (exact) mass is 248 g/mol. The molecule has 1 saturated heterocycles. The molecule has 0 radical (unpaired) electrons. The van der Waals surface area contributed by atoms with Crippen molar-refractivity contribution in [3.05, 3.63) is 12.2 Å². The number of nitrogens with one attached hydrogen (secondary N) is 1. The zero-order chi connectivity index (χ0) is 12.4. The summed E-state index contributed by atoms with van der Waals surface area (Å²) in [5.41, 5.74) is 0. The van der Waals surface area contributed by atoms with E-state index in [4.69, 9.17) is 0 Å². The summed E-state index contributed by atoms with van der Waals surface area (Å²) in [5.74, 6) is 1.17. The summed E-state index contributed by atoms with van der Waals surface area (Å²) in [6.45, 7) is 1.71. The Kier molecular flexibility index (Phi) is 3.69. The van der Waals surface area contributed by atoms with Gasteiger partial charge in [0, 0.05) is 19.1 Å². The van der Waals surface area contributed by atoms with Crippen LogP contribution in [0.1, 0.15) is 44.9 Å². The van der Waals surface area contributed by atoms with E-state index in [-0.39, 0.29) is 6.04 Å². The first-order valence-corrected chi connectivity index (χ1v) is 7.54. The Morgan fingerprint density at radius 3 is 2.83 bits per heavy atom. The van der Waals surface area contributed by atoms with Gasteiger partial charge in [-0.3, -0.25) is 4.79 Å². The van der Waals surface area contributed by atoms with Crippen LogP contribution in [-0.2, 0) is 4.79 Å². The van der Waals surface area contributed by atoms with Crippen LogP contribution >= 0.6 is 0 Å². The van der Waals surface area contributed by atoms with Crippen LogP contribution in [0.3, 0.4) is 0 Å². The number of rotatable bonds is 1. The predicted octanol–water partition coefficient (Wildman–Crippen LogP) is 2.09. The summed E-state index contributed by atoms with van der Waals surface area (Å²) in [6, 6.07) is 0.706. The first-order chi connectivity index (χ1) is 8.84. The number of piperidine rings is 1. The Morgan fingerprint density at radius 2 is 2.00 bits per heavy atom. The Labute approximate surface area is 110 Å². The Bertz CT molecular complexity index is 339. The van der Waals surface area contributed by atoms with E-state index in [1.54, 1.807) is 0 Å². The maximum Gasteiger partial charge on any atom is 0.240 e. The van der Waals surface area contributed by atoms with Gasteiger partial charge in [-0.05, 0) is 38.0 Å². The predicted molar refractivity (Wildman–Crippen MR) is 72.2 cm³/mol. The highest BCUT2D eigenvalue weighted by molar-refractivity contribution is 5.82. The number of hydrogen-bond acceptors (Lipinski definition) is 2. The van der Waals surface area contributed by atoms with Crippen LogP contribution in [-0.4, -0.2) is 36.0 Å². The third-order valence-electron chi connectivity index (χ3n) is 4.82. The molecular formula is C15H24N2O. The van der Waals surface area contributed by atoms with Crippen molar-refractivity contribution >= 4 is 5.91 Å². The number of hydrogen-bond donors (Lipinski definition) is 1. The number of carbonyl (C=O) groups excluding carboxylic acids is 1. The van der Waals surface area contributed by atoms with Crippen molar-refractivity contribution in [2.24, 2.45) is 5.92 Å². The molecule has 0 bridgehead atoms. The van der Waals surface area contributed by atoms with Crippen molar-refractivity contribution in [2.45, 2.75) is 57.0 Å². The van der Waals surface area contributed by atoms with Gasteiger partial charge in [0.05, 0.1) is 6.04 Å². The smallest absolute Gasteiger partial charge is 0.240 e. The van der Waals surface area contributed by atoms with Crippen LogP contribution in [0.4, 0.5) is 0 Å². The number of fused-ring (bicyclic) bond motifs is 1. The molecule has 1 amide bonds. The van der Waals surface area contributed by atoms with Crippen molar-refractivity contribution in [3.8, 4) is 0 Å². The topological polar surface area (TPSA) is 32.3 Å². The average Bonchev–Trinajstić information content (AvgIpc) is 2.47. The van der Waals surface area contributed by atoms with Gasteiger partial charge >= 0.3 is 0 Å². The number of nitrogens with zero attached hydrogens (tertiary/aromatic N) is 1.